The first-order chi connectivity index (χ1) is 15.0. The van der Waals surface area contributed by atoms with Crippen molar-refractivity contribution in [1.82, 2.24) is 25.1 Å². The van der Waals surface area contributed by atoms with Gasteiger partial charge in [0.2, 0.25) is 5.91 Å². The number of piperidine rings is 1. The summed E-state index contributed by atoms with van der Waals surface area (Å²) >= 11 is 0. The predicted molar refractivity (Wildman–Crippen MR) is 112 cm³/mol. The Balaban J connectivity index is 1.34. The van der Waals surface area contributed by atoms with E-state index >= 15 is 0 Å². The smallest absolute Gasteiger partial charge is 0.321 e. The monoisotopic (exact) mass is 423 g/mol. The molecule has 2 aromatic carbocycles. The molecule has 2 heterocycles. The van der Waals surface area contributed by atoms with E-state index in [1.165, 1.54) is 22.9 Å². The van der Waals surface area contributed by atoms with Crippen LogP contribution in [0.15, 0.2) is 48.5 Å². The van der Waals surface area contributed by atoms with Gasteiger partial charge in [0.1, 0.15) is 11.5 Å². The average molecular weight is 423 g/mol. The molecular formula is C21H22FN7O2. The molecule has 0 aliphatic carbocycles. The Hall–Kier alpha value is -3.82. The molecular weight excluding hydrogens is 401 g/mol. The molecule has 1 fully saturated rings. The number of para-hydroxylation sites is 1. The van der Waals surface area contributed by atoms with E-state index < -0.39 is 5.82 Å². The molecule has 1 aliphatic rings. The van der Waals surface area contributed by atoms with Crippen molar-refractivity contribution >= 4 is 23.3 Å². The van der Waals surface area contributed by atoms with Crippen molar-refractivity contribution in [2.24, 2.45) is 5.92 Å². The van der Waals surface area contributed by atoms with Crippen LogP contribution in [0.25, 0.3) is 5.69 Å². The average Bonchev–Trinajstić information content (AvgIpc) is 3.21. The fraction of sp³-hybridized carbons (Fsp3) is 0.286. The number of carbonyl (C=O) groups is 2. The summed E-state index contributed by atoms with van der Waals surface area (Å²) in [5, 5.41) is 16.7. The summed E-state index contributed by atoms with van der Waals surface area (Å²) in [6.07, 6.45) is 1.10. The van der Waals surface area contributed by atoms with E-state index in [9.17, 15) is 14.0 Å². The highest BCUT2D eigenvalue weighted by Crippen LogP contribution is 2.23. The lowest BCUT2D eigenvalue weighted by molar-refractivity contribution is -0.121. The molecule has 10 heteroatoms. The molecule has 1 aliphatic heterocycles. The lowest BCUT2D eigenvalue weighted by Crippen LogP contribution is -2.43. The number of hydrogen-bond acceptors (Lipinski definition) is 5. The summed E-state index contributed by atoms with van der Waals surface area (Å²) in [6, 6.07) is 13.3. The van der Waals surface area contributed by atoms with Crippen molar-refractivity contribution in [3.63, 3.8) is 0 Å². The third-order valence-corrected chi connectivity index (χ3v) is 5.25. The van der Waals surface area contributed by atoms with Crippen LogP contribution in [0.2, 0.25) is 0 Å². The van der Waals surface area contributed by atoms with Crippen molar-refractivity contribution in [1.29, 1.82) is 0 Å². The van der Waals surface area contributed by atoms with Gasteiger partial charge in [-0.2, -0.15) is 4.68 Å². The summed E-state index contributed by atoms with van der Waals surface area (Å²) in [7, 11) is 0. The summed E-state index contributed by atoms with van der Waals surface area (Å²) in [5.41, 5.74) is 1.35. The van der Waals surface area contributed by atoms with Gasteiger partial charge < -0.3 is 15.5 Å². The largest absolute Gasteiger partial charge is 0.326 e. The molecule has 3 aromatic rings. The van der Waals surface area contributed by atoms with E-state index in [0.29, 0.717) is 37.4 Å². The zero-order chi connectivity index (χ0) is 21.8. The molecule has 1 aromatic heterocycles. The van der Waals surface area contributed by atoms with E-state index in [1.54, 1.807) is 11.8 Å². The van der Waals surface area contributed by atoms with Crippen LogP contribution in [0.1, 0.15) is 18.7 Å². The summed E-state index contributed by atoms with van der Waals surface area (Å²) < 4.78 is 15.5. The van der Waals surface area contributed by atoms with Gasteiger partial charge in [-0.25, -0.2) is 9.18 Å². The number of nitrogens with one attached hydrogen (secondary N) is 2. The minimum atomic E-state index is -0.494. The van der Waals surface area contributed by atoms with E-state index in [4.69, 9.17) is 0 Å². The van der Waals surface area contributed by atoms with E-state index in [-0.39, 0.29) is 23.5 Å². The summed E-state index contributed by atoms with van der Waals surface area (Å²) in [4.78, 5) is 26.8. The normalized spacial score (nSPS) is 14.3. The Kier molecular flexibility index (Phi) is 5.87. The van der Waals surface area contributed by atoms with Crippen LogP contribution < -0.4 is 10.6 Å². The number of carbonyl (C=O) groups excluding carboxylic acids is 2. The van der Waals surface area contributed by atoms with Crippen molar-refractivity contribution in [3.05, 3.63) is 60.2 Å². The zero-order valence-corrected chi connectivity index (χ0v) is 17.0. The van der Waals surface area contributed by atoms with Crippen LogP contribution in [0.5, 0.6) is 0 Å². The summed E-state index contributed by atoms with van der Waals surface area (Å²) in [6.45, 7) is 2.62. The third-order valence-electron chi connectivity index (χ3n) is 5.25. The minimum Gasteiger partial charge on any atom is -0.326 e. The molecule has 0 atom stereocenters. The molecule has 160 valence electrons. The highest BCUT2D eigenvalue weighted by molar-refractivity contribution is 5.93. The number of aromatic nitrogens is 4. The quantitative estimate of drug-likeness (QED) is 0.671. The molecule has 0 spiro atoms. The molecule has 0 unspecified atom stereocenters. The van der Waals surface area contributed by atoms with Gasteiger partial charge in [0.05, 0.1) is 0 Å². The second-order valence-corrected chi connectivity index (χ2v) is 7.35. The van der Waals surface area contributed by atoms with Crippen LogP contribution in [0.4, 0.5) is 20.6 Å². The van der Waals surface area contributed by atoms with Crippen LogP contribution in [-0.2, 0) is 4.79 Å². The van der Waals surface area contributed by atoms with Crippen molar-refractivity contribution in [2.75, 3.05) is 23.7 Å². The first-order valence-electron chi connectivity index (χ1n) is 9.98. The van der Waals surface area contributed by atoms with Gasteiger partial charge in [-0.15, -0.1) is 5.10 Å². The number of amides is 3. The Labute approximate surface area is 178 Å². The highest BCUT2D eigenvalue weighted by atomic mass is 19.1. The van der Waals surface area contributed by atoms with Crippen LogP contribution in [-0.4, -0.2) is 50.1 Å². The Bertz CT molecular complexity index is 1080. The van der Waals surface area contributed by atoms with E-state index in [2.05, 4.69) is 26.2 Å². The Morgan fingerprint density at radius 2 is 1.77 bits per heavy atom. The first-order valence-corrected chi connectivity index (χ1v) is 9.98. The van der Waals surface area contributed by atoms with Crippen LogP contribution in [0, 0.1) is 18.7 Å². The molecule has 0 radical (unpaired) electrons. The van der Waals surface area contributed by atoms with Gasteiger partial charge >= 0.3 is 6.03 Å². The lowest BCUT2D eigenvalue weighted by atomic mass is 9.96. The Morgan fingerprint density at radius 1 is 1.03 bits per heavy atom. The number of nitrogens with zero attached hydrogens (tertiary/aromatic N) is 5. The number of tetrazole rings is 1. The van der Waals surface area contributed by atoms with Gasteiger partial charge in [0.25, 0.3) is 0 Å². The molecule has 0 bridgehead atoms. The van der Waals surface area contributed by atoms with Crippen LogP contribution >= 0.6 is 0 Å². The second kappa shape index (κ2) is 8.90. The number of likely N-dealkylation sites (tertiary alicyclic amines) is 1. The van der Waals surface area contributed by atoms with E-state index in [0.717, 1.165) is 5.69 Å². The maximum absolute atomic E-state index is 14.2. The predicted octanol–water partition coefficient (Wildman–Crippen LogP) is 2.99. The standard InChI is InChI=1S/C21H22FN7O2/c1-14-25-26-27-29(14)19-13-17(7-8-18(19)22)23-20(30)15-9-11-28(12-10-15)21(31)24-16-5-3-2-4-6-16/h2-8,13,15H,9-12H2,1H3,(H,23,30)(H,24,31). The lowest BCUT2D eigenvalue weighted by Gasteiger charge is -2.31. The fourth-order valence-electron chi connectivity index (χ4n) is 3.52. The van der Waals surface area contributed by atoms with Gasteiger partial charge in [-0.05, 0) is 60.5 Å². The zero-order valence-electron chi connectivity index (χ0n) is 17.0. The van der Waals surface area contributed by atoms with Gasteiger partial charge in [0, 0.05) is 30.4 Å². The highest BCUT2D eigenvalue weighted by Gasteiger charge is 2.27. The van der Waals surface area contributed by atoms with Crippen molar-refractivity contribution in [2.45, 2.75) is 19.8 Å². The van der Waals surface area contributed by atoms with Gasteiger partial charge in [-0.1, -0.05) is 18.2 Å². The molecule has 4 rings (SSSR count). The molecule has 1 saturated heterocycles. The summed E-state index contributed by atoms with van der Waals surface area (Å²) in [5.74, 6) is -0.451. The topological polar surface area (TPSA) is 105 Å². The molecule has 0 saturated carbocycles. The molecule has 9 nitrogen and oxygen atoms in total. The molecule has 2 N–H and O–H groups in total. The maximum atomic E-state index is 14.2. The fourth-order valence-corrected chi connectivity index (χ4v) is 3.52. The van der Waals surface area contributed by atoms with E-state index in [1.807, 2.05) is 30.3 Å². The number of urea groups is 1. The van der Waals surface area contributed by atoms with Crippen molar-refractivity contribution in [3.8, 4) is 5.69 Å². The first kappa shape index (κ1) is 20.5. The Morgan fingerprint density at radius 3 is 2.45 bits per heavy atom. The maximum Gasteiger partial charge on any atom is 0.321 e. The number of anilines is 2. The molecule has 31 heavy (non-hydrogen) atoms. The number of benzene rings is 2. The number of rotatable bonds is 4. The minimum absolute atomic E-state index is 0.158. The van der Waals surface area contributed by atoms with Gasteiger partial charge in [-0.3, -0.25) is 4.79 Å². The van der Waals surface area contributed by atoms with Gasteiger partial charge in [0.15, 0.2) is 5.82 Å². The SMILES string of the molecule is Cc1nnnn1-c1cc(NC(=O)C2CCN(C(=O)Nc3ccccc3)CC2)ccc1F. The third kappa shape index (κ3) is 4.68. The number of aryl methyl sites for hydroxylation is 1. The van der Waals surface area contributed by atoms with Crippen LogP contribution in [0.3, 0.4) is 0 Å². The second-order valence-electron chi connectivity index (χ2n) is 7.35. The number of hydrogen-bond donors (Lipinski definition) is 2. The van der Waals surface area contributed by atoms with Crippen molar-refractivity contribution < 1.29 is 14.0 Å². The molecule has 3 amide bonds. The number of halogens is 1.